The molecule has 58 heavy (non-hydrogen) atoms. The summed E-state index contributed by atoms with van der Waals surface area (Å²) < 4.78 is 10.3. The van der Waals surface area contributed by atoms with Gasteiger partial charge in [-0.25, -0.2) is 9.59 Å². The molecule has 312 valence electrons. The molecule has 0 saturated heterocycles. The fourth-order valence-corrected chi connectivity index (χ4v) is 15.5. The normalized spacial score (nSPS) is 44.5. The van der Waals surface area contributed by atoms with E-state index in [0.717, 1.165) is 113 Å². The summed E-state index contributed by atoms with van der Waals surface area (Å²) >= 11 is 0. The first-order valence-electron chi connectivity index (χ1n) is 22.3. The first-order valence-corrected chi connectivity index (χ1v) is 22.3. The van der Waals surface area contributed by atoms with Crippen LogP contribution in [0, 0.1) is 45.3 Å². The molecular formula is C49H63NO8. The maximum atomic E-state index is 12.2. The van der Waals surface area contributed by atoms with Gasteiger partial charge in [0.25, 0.3) is 0 Å². The molecule has 0 radical (unpaired) electrons. The molecule has 8 aliphatic carbocycles. The minimum Gasteiger partial charge on any atom is -0.431 e. The molecule has 0 spiro atoms. The molecule has 6 saturated carbocycles. The lowest BCUT2D eigenvalue weighted by Crippen LogP contribution is -2.60. The number of oxime groups is 1. The van der Waals surface area contributed by atoms with Crippen LogP contribution in [0.2, 0.25) is 0 Å². The van der Waals surface area contributed by atoms with Crippen LogP contribution in [0.1, 0.15) is 153 Å². The number of hydrogen-bond acceptors (Lipinski definition) is 9. The third-order valence-electron chi connectivity index (χ3n) is 18.8. The van der Waals surface area contributed by atoms with Gasteiger partial charge in [-0.05, 0) is 178 Å². The van der Waals surface area contributed by atoms with Crippen molar-refractivity contribution < 1.29 is 28.7 Å². The Bertz CT molecular complexity index is 2140. The number of carbonyl (C=O) groups is 1. The van der Waals surface area contributed by atoms with Crippen molar-refractivity contribution >= 4 is 11.5 Å². The van der Waals surface area contributed by atoms with E-state index in [1.807, 2.05) is 18.2 Å². The van der Waals surface area contributed by atoms with Gasteiger partial charge in [0.1, 0.15) is 7.11 Å². The number of hydrogen-bond donors (Lipinski definition) is 2. The van der Waals surface area contributed by atoms with E-state index in [9.17, 15) is 24.6 Å². The second-order valence-corrected chi connectivity index (χ2v) is 20.6. The predicted molar refractivity (Wildman–Crippen MR) is 221 cm³/mol. The summed E-state index contributed by atoms with van der Waals surface area (Å²) in [4.78, 5) is 39.9. The molecule has 2 heterocycles. The van der Waals surface area contributed by atoms with E-state index in [1.165, 1.54) is 23.3 Å². The van der Waals surface area contributed by atoms with Crippen molar-refractivity contribution in [1.29, 1.82) is 0 Å². The van der Waals surface area contributed by atoms with Gasteiger partial charge in [0.2, 0.25) is 0 Å². The van der Waals surface area contributed by atoms with Gasteiger partial charge in [-0.1, -0.05) is 44.0 Å². The second kappa shape index (κ2) is 14.0. The number of aliphatic hydroxyl groups is 2. The Labute approximate surface area is 342 Å². The number of rotatable bonds is 3. The van der Waals surface area contributed by atoms with Gasteiger partial charge in [-0.3, -0.25) is 4.79 Å². The van der Waals surface area contributed by atoms with Gasteiger partial charge >= 0.3 is 11.3 Å². The van der Waals surface area contributed by atoms with E-state index in [4.69, 9.17) is 13.7 Å². The molecule has 10 rings (SSSR count). The first kappa shape index (κ1) is 39.9. The Hall–Kier alpha value is -3.56. The Morgan fingerprint density at radius 2 is 1.07 bits per heavy atom. The highest BCUT2D eigenvalue weighted by molar-refractivity contribution is 5.96. The minimum atomic E-state index is -0.688. The Kier molecular flexibility index (Phi) is 9.63. The van der Waals surface area contributed by atoms with E-state index < -0.39 is 11.2 Å². The van der Waals surface area contributed by atoms with Crippen LogP contribution < -0.4 is 11.3 Å². The van der Waals surface area contributed by atoms with Crippen molar-refractivity contribution in [3.63, 3.8) is 0 Å². The molecule has 6 fully saturated rings. The van der Waals surface area contributed by atoms with E-state index >= 15 is 0 Å². The van der Waals surface area contributed by atoms with E-state index in [1.54, 1.807) is 19.6 Å². The van der Waals surface area contributed by atoms with E-state index in [0.29, 0.717) is 24.2 Å². The maximum absolute atomic E-state index is 12.2. The third-order valence-corrected chi connectivity index (χ3v) is 18.8. The van der Waals surface area contributed by atoms with Crippen molar-refractivity contribution in [3.8, 4) is 0 Å². The van der Waals surface area contributed by atoms with Gasteiger partial charge in [0.05, 0.1) is 29.4 Å². The van der Waals surface area contributed by atoms with Crippen LogP contribution in [0.4, 0.5) is 0 Å². The summed E-state index contributed by atoms with van der Waals surface area (Å²) in [5.74, 6) is 2.29. The predicted octanol–water partition coefficient (Wildman–Crippen LogP) is 9.17. The maximum Gasteiger partial charge on any atom is 0.335 e. The number of carbonyl (C=O) groups excluding carboxylic acids is 1. The van der Waals surface area contributed by atoms with Gasteiger partial charge in [0, 0.05) is 29.4 Å². The van der Waals surface area contributed by atoms with Crippen LogP contribution in [-0.4, -0.2) is 40.0 Å². The second-order valence-electron chi connectivity index (χ2n) is 20.6. The summed E-state index contributed by atoms with van der Waals surface area (Å²) in [6.07, 6.45) is 22.7. The molecule has 2 aromatic rings. The van der Waals surface area contributed by atoms with Crippen molar-refractivity contribution in [2.24, 2.45) is 50.5 Å². The van der Waals surface area contributed by atoms with Crippen molar-refractivity contribution in [1.82, 2.24) is 0 Å². The molecule has 9 heteroatoms. The van der Waals surface area contributed by atoms with Crippen LogP contribution in [0.3, 0.4) is 0 Å². The average molecular weight is 794 g/mol. The lowest BCUT2D eigenvalue weighted by atomic mass is 9.45. The van der Waals surface area contributed by atoms with Crippen LogP contribution in [0.15, 0.2) is 83.7 Å². The standard InChI is InChI=1S/C25H33NO4.C24H30O4/c1-23-11-8-18(26-29-3)14-17(23)5-6-21-20(23)9-12-24(2)19(10-13-25(21,24)28)16-4-7-22(27)30-15-16;1-22-10-7-17(25)13-16(22)4-5-20-19(22)8-11-23(2)18(9-12-24(20,23)27)15-3-6-21(26)28-14-15/h4,7,14-15,19-21,28H,5-6,8-13H2,1-3H3;3,6,13-14,18-20,27H,4-5,7-12H2,1-2H3/t19-,20?,21?,23+,24-,25+;18-,19?,20?,22+,23-,24+/m11/s1. The first-order chi connectivity index (χ1) is 27.6. The van der Waals surface area contributed by atoms with Gasteiger partial charge < -0.3 is 23.9 Å². The molecule has 9 nitrogen and oxygen atoms in total. The molecule has 0 aromatic carbocycles. The Morgan fingerprint density at radius 1 is 0.586 bits per heavy atom. The van der Waals surface area contributed by atoms with E-state index in [-0.39, 0.29) is 56.4 Å². The summed E-state index contributed by atoms with van der Waals surface area (Å²) in [5.41, 5.74) is 3.83. The number of allylic oxidation sites excluding steroid dienone is 3. The van der Waals surface area contributed by atoms with Crippen LogP contribution in [-0.2, 0) is 9.63 Å². The van der Waals surface area contributed by atoms with E-state index in [2.05, 4.69) is 38.9 Å². The van der Waals surface area contributed by atoms with Crippen molar-refractivity contribution in [3.05, 3.63) is 92.1 Å². The molecule has 12 atom stereocenters. The highest BCUT2D eigenvalue weighted by atomic mass is 16.6. The molecule has 8 aliphatic rings. The topological polar surface area (TPSA) is 140 Å². The zero-order chi connectivity index (χ0) is 40.9. The zero-order valence-corrected chi connectivity index (χ0v) is 35.2. The van der Waals surface area contributed by atoms with Gasteiger partial charge in [0.15, 0.2) is 5.78 Å². The highest BCUT2D eigenvalue weighted by Gasteiger charge is 2.68. The molecule has 0 aliphatic heterocycles. The lowest BCUT2D eigenvalue weighted by molar-refractivity contribution is -0.177. The van der Waals surface area contributed by atoms with Crippen LogP contribution in [0.25, 0.3) is 0 Å². The Morgan fingerprint density at radius 3 is 1.53 bits per heavy atom. The van der Waals surface area contributed by atoms with Gasteiger partial charge in [-0.2, -0.15) is 0 Å². The number of nitrogens with zero attached hydrogens (tertiary/aromatic N) is 1. The molecule has 2 aromatic heterocycles. The molecule has 4 unspecified atom stereocenters. The number of ketones is 1. The molecule has 2 N–H and O–H groups in total. The highest BCUT2D eigenvalue weighted by Crippen LogP contribution is 2.71. The smallest absolute Gasteiger partial charge is 0.335 e. The quantitative estimate of drug-likeness (QED) is 0.294. The fraction of sp³-hybridized carbons (Fsp3) is 0.673. The Balaban J connectivity index is 0.000000151. The number of fused-ring (bicyclic) bond motifs is 10. The van der Waals surface area contributed by atoms with Crippen LogP contribution >= 0.6 is 0 Å². The zero-order valence-electron chi connectivity index (χ0n) is 35.2. The molecule has 0 bridgehead atoms. The summed E-state index contributed by atoms with van der Waals surface area (Å²) in [6, 6.07) is 6.80. The fourth-order valence-electron chi connectivity index (χ4n) is 15.5. The molecule has 0 amide bonds. The van der Waals surface area contributed by atoms with Crippen LogP contribution in [0.5, 0.6) is 0 Å². The summed E-state index contributed by atoms with van der Waals surface area (Å²) in [6.45, 7) is 9.30. The third kappa shape index (κ3) is 5.74. The summed E-state index contributed by atoms with van der Waals surface area (Å²) in [7, 11) is 1.61. The largest absolute Gasteiger partial charge is 0.431 e. The van der Waals surface area contributed by atoms with Gasteiger partial charge in [-0.15, -0.1) is 0 Å². The van der Waals surface area contributed by atoms with Crippen molar-refractivity contribution in [2.45, 2.75) is 153 Å². The summed E-state index contributed by atoms with van der Waals surface area (Å²) in [5, 5.41) is 28.6. The minimum absolute atomic E-state index is 0.0610. The van der Waals surface area contributed by atoms with Crippen molar-refractivity contribution in [2.75, 3.05) is 7.11 Å². The SMILES string of the molecule is CON=C1C=C2CCC3C(CC[C@]4(C)[C@@H](c5ccc(=O)oc5)CC[C@]34O)[C@@]2(C)CC1.C[C@]12CCC(=O)C=C1CCC1C2CC[C@]2(C)[C@@H](c3ccc(=O)oc3)CC[C@]12O. The lowest BCUT2D eigenvalue weighted by Gasteiger charge is -2.61. The average Bonchev–Trinajstić information content (AvgIpc) is 3.65. The molecular weight excluding hydrogens is 731 g/mol. The monoisotopic (exact) mass is 793 g/mol.